The fraction of sp³-hybridized carbons (Fsp3) is 0.350. The maximum Gasteiger partial charge on any atom is 0.274 e. The number of carbonyl (C=O) groups is 1. The molecule has 2 heterocycles. The Labute approximate surface area is 148 Å². The molecule has 0 spiro atoms. The molecule has 5 heteroatoms. The van der Waals surface area contributed by atoms with Gasteiger partial charge in [-0.25, -0.2) is 0 Å². The zero-order valence-electron chi connectivity index (χ0n) is 14.4. The zero-order chi connectivity index (χ0) is 17.6. The van der Waals surface area contributed by atoms with Crippen molar-refractivity contribution < 1.29 is 4.79 Å². The summed E-state index contributed by atoms with van der Waals surface area (Å²) in [6.07, 6.45) is 6.44. The maximum atomic E-state index is 12.5. The second-order valence-electron chi connectivity index (χ2n) is 6.30. The molecular formula is C20H22N4O. The summed E-state index contributed by atoms with van der Waals surface area (Å²) in [5.41, 5.74) is 2.55. The Hall–Kier alpha value is -2.87. The Bertz CT molecular complexity index is 796. The number of nitrogens with zero attached hydrogens (tertiary/aromatic N) is 3. The van der Waals surface area contributed by atoms with Gasteiger partial charge < -0.3 is 10.2 Å². The summed E-state index contributed by atoms with van der Waals surface area (Å²) in [6, 6.07) is 13.3. The smallest absolute Gasteiger partial charge is 0.274 e. The molecule has 1 aromatic heterocycles. The normalized spacial score (nSPS) is 17.0. The number of hydrogen-bond donors (Lipinski definition) is 1. The van der Waals surface area contributed by atoms with Crippen molar-refractivity contribution in [3.05, 3.63) is 53.9 Å². The van der Waals surface area contributed by atoms with E-state index in [0.717, 1.165) is 18.7 Å². The van der Waals surface area contributed by atoms with Crippen molar-refractivity contribution in [1.29, 1.82) is 5.26 Å². The minimum Gasteiger partial charge on any atom is -0.368 e. The Morgan fingerprint density at radius 2 is 2.24 bits per heavy atom. The molecule has 1 atom stereocenters. The molecule has 1 N–H and O–H groups in total. The van der Waals surface area contributed by atoms with Crippen LogP contribution < -0.4 is 10.2 Å². The highest BCUT2D eigenvalue weighted by Gasteiger charge is 2.22. The number of benzene rings is 1. The van der Waals surface area contributed by atoms with Crippen LogP contribution in [0.2, 0.25) is 0 Å². The highest BCUT2D eigenvalue weighted by Crippen LogP contribution is 2.26. The average molecular weight is 334 g/mol. The summed E-state index contributed by atoms with van der Waals surface area (Å²) >= 11 is 0. The van der Waals surface area contributed by atoms with Crippen LogP contribution in [-0.4, -0.2) is 23.5 Å². The molecule has 0 aliphatic carbocycles. The molecule has 1 fully saturated rings. The van der Waals surface area contributed by atoms with Crippen molar-refractivity contribution in [2.45, 2.75) is 38.6 Å². The first-order chi connectivity index (χ1) is 12.2. The van der Waals surface area contributed by atoms with Crippen LogP contribution in [0.1, 0.15) is 48.7 Å². The average Bonchev–Trinajstić information content (AvgIpc) is 2.68. The molecule has 128 valence electrons. The molecule has 3 rings (SSSR count). The van der Waals surface area contributed by atoms with Gasteiger partial charge in [0.2, 0.25) is 0 Å². The van der Waals surface area contributed by atoms with Gasteiger partial charge in [0.05, 0.1) is 11.6 Å². The summed E-state index contributed by atoms with van der Waals surface area (Å²) in [7, 11) is 0. The lowest BCUT2D eigenvalue weighted by atomic mass is 9.99. The number of rotatable bonds is 4. The van der Waals surface area contributed by atoms with Crippen molar-refractivity contribution in [3.8, 4) is 6.07 Å². The van der Waals surface area contributed by atoms with E-state index in [9.17, 15) is 4.79 Å². The Kier molecular flexibility index (Phi) is 5.30. The first kappa shape index (κ1) is 17.0. The molecule has 5 nitrogen and oxygen atoms in total. The van der Waals surface area contributed by atoms with Gasteiger partial charge in [0.1, 0.15) is 5.69 Å². The summed E-state index contributed by atoms with van der Waals surface area (Å²) in [6.45, 7) is 3.23. The molecule has 0 bridgehead atoms. The van der Waals surface area contributed by atoms with Crippen LogP contribution >= 0.6 is 0 Å². The van der Waals surface area contributed by atoms with Crippen molar-refractivity contribution in [2.24, 2.45) is 0 Å². The van der Waals surface area contributed by atoms with Crippen LogP contribution in [0.15, 0.2) is 42.6 Å². The van der Waals surface area contributed by atoms with E-state index in [4.69, 9.17) is 5.26 Å². The zero-order valence-corrected chi connectivity index (χ0v) is 14.4. The Balaban J connectivity index is 1.78. The molecular weight excluding hydrogens is 312 g/mol. The number of nitriles is 1. The fourth-order valence-corrected chi connectivity index (χ4v) is 3.35. The van der Waals surface area contributed by atoms with Gasteiger partial charge in [0.15, 0.2) is 0 Å². The predicted molar refractivity (Wildman–Crippen MR) is 98.6 cm³/mol. The lowest BCUT2D eigenvalue weighted by Gasteiger charge is -2.37. The number of amides is 1. The first-order valence-electron chi connectivity index (χ1n) is 8.75. The van der Waals surface area contributed by atoms with Crippen LogP contribution in [0.25, 0.3) is 0 Å². The van der Waals surface area contributed by atoms with Crippen molar-refractivity contribution in [3.63, 3.8) is 0 Å². The van der Waals surface area contributed by atoms with Gasteiger partial charge in [-0.1, -0.05) is 13.0 Å². The lowest BCUT2D eigenvalue weighted by Crippen LogP contribution is -2.39. The van der Waals surface area contributed by atoms with Gasteiger partial charge in [0.25, 0.3) is 5.91 Å². The monoisotopic (exact) mass is 334 g/mol. The maximum absolute atomic E-state index is 12.5. The van der Waals surface area contributed by atoms with Crippen molar-refractivity contribution in [2.75, 3.05) is 16.8 Å². The number of anilines is 2. The predicted octanol–water partition coefficient (Wildman–Crippen LogP) is 3.97. The summed E-state index contributed by atoms with van der Waals surface area (Å²) < 4.78 is 0. The largest absolute Gasteiger partial charge is 0.368 e. The molecule has 1 aromatic carbocycles. The molecule has 0 saturated carbocycles. The molecule has 25 heavy (non-hydrogen) atoms. The third kappa shape index (κ3) is 3.97. The SMILES string of the molecule is CCC1CCCCN1c1ccnc(C(=O)Nc2cccc(C#N)c2)c1. The molecule has 1 aliphatic heterocycles. The van der Waals surface area contributed by atoms with E-state index < -0.39 is 0 Å². The van der Waals surface area contributed by atoms with E-state index in [1.54, 1.807) is 30.5 Å². The number of aromatic nitrogens is 1. The van der Waals surface area contributed by atoms with E-state index in [0.29, 0.717) is 23.0 Å². The first-order valence-corrected chi connectivity index (χ1v) is 8.75. The number of pyridine rings is 1. The van der Waals surface area contributed by atoms with Crippen molar-refractivity contribution >= 4 is 17.3 Å². The van der Waals surface area contributed by atoms with Crippen LogP contribution in [0, 0.1) is 11.3 Å². The van der Waals surface area contributed by atoms with Crippen LogP contribution in [0.5, 0.6) is 0 Å². The number of nitrogens with one attached hydrogen (secondary N) is 1. The van der Waals surface area contributed by atoms with Gasteiger partial charge in [0, 0.05) is 30.2 Å². The van der Waals surface area contributed by atoms with E-state index in [-0.39, 0.29) is 5.91 Å². The van der Waals surface area contributed by atoms with E-state index in [1.807, 2.05) is 12.1 Å². The Morgan fingerprint density at radius 3 is 3.04 bits per heavy atom. The van der Waals surface area contributed by atoms with Gasteiger partial charge in [-0.2, -0.15) is 5.26 Å². The van der Waals surface area contributed by atoms with Crippen LogP contribution in [0.3, 0.4) is 0 Å². The molecule has 2 aromatic rings. The second kappa shape index (κ2) is 7.80. The lowest BCUT2D eigenvalue weighted by molar-refractivity contribution is 0.102. The summed E-state index contributed by atoms with van der Waals surface area (Å²) in [4.78, 5) is 19.1. The molecule has 1 amide bonds. The fourth-order valence-electron chi connectivity index (χ4n) is 3.35. The third-order valence-corrected chi connectivity index (χ3v) is 4.66. The minimum absolute atomic E-state index is 0.262. The van der Waals surface area contributed by atoms with Gasteiger partial charge in [-0.3, -0.25) is 9.78 Å². The van der Waals surface area contributed by atoms with Gasteiger partial charge in [-0.05, 0) is 56.0 Å². The third-order valence-electron chi connectivity index (χ3n) is 4.66. The second-order valence-corrected chi connectivity index (χ2v) is 6.30. The van der Waals surface area contributed by atoms with E-state index in [2.05, 4.69) is 28.2 Å². The molecule has 1 unspecified atom stereocenters. The van der Waals surface area contributed by atoms with Crippen LogP contribution in [-0.2, 0) is 0 Å². The van der Waals surface area contributed by atoms with Crippen LogP contribution in [0.4, 0.5) is 11.4 Å². The van der Waals surface area contributed by atoms with E-state index >= 15 is 0 Å². The highest BCUT2D eigenvalue weighted by molar-refractivity contribution is 6.03. The number of carbonyl (C=O) groups excluding carboxylic acids is 1. The molecule has 1 aliphatic rings. The quantitative estimate of drug-likeness (QED) is 0.918. The molecule has 1 saturated heterocycles. The highest BCUT2D eigenvalue weighted by atomic mass is 16.1. The standard InChI is InChI=1S/C20H22N4O/c1-2-17-8-3-4-11-24(17)18-9-10-22-19(13-18)20(25)23-16-7-5-6-15(12-16)14-21/h5-7,9-10,12-13,17H,2-4,8,11H2,1H3,(H,23,25). The Morgan fingerprint density at radius 1 is 1.36 bits per heavy atom. The number of hydrogen-bond acceptors (Lipinski definition) is 4. The minimum atomic E-state index is -0.262. The summed E-state index contributed by atoms with van der Waals surface area (Å²) in [5.74, 6) is -0.262. The van der Waals surface area contributed by atoms with E-state index in [1.165, 1.54) is 19.3 Å². The number of piperidine rings is 1. The topological polar surface area (TPSA) is 69.0 Å². The van der Waals surface area contributed by atoms with Crippen molar-refractivity contribution in [1.82, 2.24) is 4.98 Å². The molecule has 0 radical (unpaired) electrons. The van der Waals surface area contributed by atoms with Gasteiger partial charge in [-0.15, -0.1) is 0 Å². The van der Waals surface area contributed by atoms with Gasteiger partial charge >= 0.3 is 0 Å². The summed E-state index contributed by atoms with van der Waals surface area (Å²) in [5, 5.41) is 11.8.